The molecular formula is C13H16N2O3. The summed E-state index contributed by atoms with van der Waals surface area (Å²) in [5.74, 6) is 1.48. The maximum Gasteiger partial charge on any atom is 0.234 e. The van der Waals surface area contributed by atoms with Crippen LogP contribution in [0.2, 0.25) is 0 Å². The molecule has 96 valence electrons. The monoisotopic (exact) mass is 248 g/mol. The van der Waals surface area contributed by atoms with Gasteiger partial charge in [0.15, 0.2) is 11.5 Å². The predicted molar refractivity (Wildman–Crippen MR) is 67.5 cm³/mol. The molecule has 1 aromatic carbocycles. The summed E-state index contributed by atoms with van der Waals surface area (Å²) >= 11 is 0. The van der Waals surface area contributed by atoms with Gasteiger partial charge in [-0.2, -0.15) is 0 Å². The van der Waals surface area contributed by atoms with Crippen LogP contribution in [0.25, 0.3) is 0 Å². The van der Waals surface area contributed by atoms with E-state index in [0.29, 0.717) is 13.1 Å². The van der Waals surface area contributed by atoms with Crippen molar-refractivity contribution in [2.24, 2.45) is 0 Å². The van der Waals surface area contributed by atoms with Crippen molar-refractivity contribution in [2.75, 3.05) is 19.9 Å². The van der Waals surface area contributed by atoms with Crippen LogP contribution in [0.5, 0.6) is 11.5 Å². The van der Waals surface area contributed by atoms with E-state index in [1.54, 1.807) is 6.08 Å². The molecule has 5 heteroatoms. The van der Waals surface area contributed by atoms with Gasteiger partial charge in [0.1, 0.15) is 0 Å². The standard InChI is InChI=1S/C13H16N2O3/c1-2-5-15-13(16)8-14-7-10-3-4-11-12(6-10)18-9-17-11/h2-4,6,14H,1,5,7-9H2,(H,15,16). The summed E-state index contributed by atoms with van der Waals surface area (Å²) in [6.07, 6.45) is 1.65. The van der Waals surface area contributed by atoms with Crippen molar-refractivity contribution in [2.45, 2.75) is 6.54 Å². The first-order chi connectivity index (χ1) is 8.79. The average molecular weight is 248 g/mol. The molecule has 1 amide bonds. The number of nitrogens with one attached hydrogen (secondary N) is 2. The highest BCUT2D eigenvalue weighted by Gasteiger charge is 2.12. The van der Waals surface area contributed by atoms with E-state index in [1.807, 2.05) is 18.2 Å². The molecule has 1 aromatic rings. The van der Waals surface area contributed by atoms with Crippen molar-refractivity contribution in [1.82, 2.24) is 10.6 Å². The maximum absolute atomic E-state index is 11.3. The number of hydrogen-bond acceptors (Lipinski definition) is 4. The van der Waals surface area contributed by atoms with E-state index in [2.05, 4.69) is 17.2 Å². The first-order valence-electron chi connectivity index (χ1n) is 5.76. The summed E-state index contributed by atoms with van der Waals surface area (Å²) in [6, 6.07) is 5.73. The van der Waals surface area contributed by atoms with Gasteiger partial charge in [0.25, 0.3) is 0 Å². The van der Waals surface area contributed by atoms with Gasteiger partial charge in [-0.25, -0.2) is 0 Å². The summed E-state index contributed by atoms with van der Waals surface area (Å²) in [7, 11) is 0. The zero-order valence-electron chi connectivity index (χ0n) is 10.1. The molecule has 0 spiro atoms. The molecule has 18 heavy (non-hydrogen) atoms. The van der Waals surface area contributed by atoms with Gasteiger partial charge in [-0.3, -0.25) is 4.79 Å². The van der Waals surface area contributed by atoms with Crippen LogP contribution in [0.4, 0.5) is 0 Å². The number of fused-ring (bicyclic) bond motifs is 1. The molecular weight excluding hydrogens is 232 g/mol. The lowest BCUT2D eigenvalue weighted by atomic mass is 10.2. The molecule has 0 atom stereocenters. The van der Waals surface area contributed by atoms with E-state index in [4.69, 9.17) is 9.47 Å². The van der Waals surface area contributed by atoms with Crippen LogP contribution >= 0.6 is 0 Å². The molecule has 0 radical (unpaired) electrons. The van der Waals surface area contributed by atoms with Crippen molar-refractivity contribution in [3.8, 4) is 11.5 Å². The Morgan fingerprint density at radius 3 is 3.06 bits per heavy atom. The number of hydrogen-bond donors (Lipinski definition) is 2. The zero-order chi connectivity index (χ0) is 12.8. The molecule has 2 N–H and O–H groups in total. The Morgan fingerprint density at radius 2 is 2.22 bits per heavy atom. The quantitative estimate of drug-likeness (QED) is 0.731. The minimum atomic E-state index is -0.0457. The number of amides is 1. The van der Waals surface area contributed by atoms with E-state index in [0.717, 1.165) is 17.1 Å². The van der Waals surface area contributed by atoms with Gasteiger partial charge in [0.05, 0.1) is 6.54 Å². The third-order valence-corrected chi connectivity index (χ3v) is 2.50. The van der Waals surface area contributed by atoms with Gasteiger partial charge in [-0.15, -0.1) is 6.58 Å². The molecule has 0 aliphatic carbocycles. The molecule has 1 aliphatic rings. The number of carbonyl (C=O) groups is 1. The first kappa shape index (κ1) is 12.4. The third-order valence-electron chi connectivity index (χ3n) is 2.50. The normalized spacial score (nSPS) is 12.2. The van der Waals surface area contributed by atoms with Crippen LogP contribution in [0, 0.1) is 0 Å². The fraction of sp³-hybridized carbons (Fsp3) is 0.308. The molecule has 0 unspecified atom stereocenters. The molecule has 0 saturated carbocycles. The first-order valence-corrected chi connectivity index (χ1v) is 5.76. The summed E-state index contributed by atoms with van der Waals surface area (Å²) in [5.41, 5.74) is 1.05. The van der Waals surface area contributed by atoms with E-state index in [-0.39, 0.29) is 19.2 Å². The Kier molecular flexibility index (Phi) is 4.20. The van der Waals surface area contributed by atoms with Gasteiger partial charge >= 0.3 is 0 Å². The van der Waals surface area contributed by atoms with Crippen molar-refractivity contribution < 1.29 is 14.3 Å². The maximum atomic E-state index is 11.3. The summed E-state index contributed by atoms with van der Waals surface area (Å²) in [4.78, 5) is 11.3. The van der Waals surface area contributed by atoms with Crippen LogP contribution in [0.15, 0.2) is 30.9 Å². The lowest BCUT2D eigenvalue weighted by Crippen LogP contribution is -2.33. The second kappa shape index (κ2) is 6.07. The van der Waals surface area contributed by atoms with Crippen LogP contribution < -0.4 is 20.1 Å². The Hall–Kier alpha value is -2.01. The highest BCUT2D eigenvalue weighted by Crippen LogP contribution is 2.32. The van der Waals surface area contributed by atoms with E-state index < -0.39 is 0 Å². The van der Waals surface area contributed by atoms with Crippen LogP contribution in [0.3, 0.4) is 0 Å². The second-order valence-electron chi connectivity index (χ2n) is 3.88. The molecule has 1 heterocycles. The van der Waals surface area contributed by atoms with Gasteiger partial charge in [0.2, 0.25) is 12.7 Å². The number of carbonyl (C=O) groups excluding carboxylic acids is 1. The lowest BCUT2D eigenvalue weighted by molar-refractivity contribution is -0.120. The van der Waals surface area contributed by atoms with E-state index >= 15 is 0 Å². The molecule has 0 bridgehead atoms. The molecule has 0 aromatic heterocycles. The van der Waals surface area contributed by atoms with Crippen molar-refractivity contribution in [1.29, 1.82) is 0 Å². The minimum Gasteiger partial charge on any atom is -0.454 e. The smallest absolute Gasteiger partial charge is 0.234 e. The Morgan fingerprint density at radius 1 is 1.39 bits per heavy atom. The Bertz CT molecular complexity index is 446. The average Bonchev–Trinajstić information content (AvgIpc) is 2.83. The van der Waals surface area contributed by atoms with Gasteiger partial charge in [-0.05, 0) is 17.7 Å². The molecule has 5 nitrogen and oxygen atoms in total. The van der Waals surface area contributed by atoms with Crippen molar-refractivity contribution >= 4 is 5.91 Å². The molecule has 0 saturated heterocycles. The van der Waals surface area contributed by atoms with Crippen LogP contribution in [0.1, 0.15) is 5.56 Å². The largest absolute Gasteiger partial charge is 0.454 e. The van der Waals surface area contributed by atoms with Crippen molar-refractivity contribution in [3.63, 3.8) is 0 Å². The van der Waals surface area contributed by atoms with Gasteiger partial charge in [-0.1, -0.05) is 12.1 Å². The summed E-state index contributed by atoms with van der Waals surface area (Å²) in [6.45, 7) is 5.19. The van der Waals surface area contributed by atoms with Gasteiger partial charge in [0, 0.05) is 13.1 Å². The predicted octanol–water partition coefficient (Wildman–Crippen LogP) is 0.807. The van der Waals surface area contributed by atoms with Gasteiger partial charge < -0.3 is 20.1 Å². The molecule has 2 rings (SSSR count). The lowest BCUT2D eigenvalue weighted by Gasteiger charge is -2.06. The summed E-state index contributed by atoms with van der Waals surface area (Å²) < 4.78 is 10.5. The molecule has 0 fully saturated rings. The number of ether oxygens (including phenoxy) is 2. The third kappa shape index (κ3) is 3.24. The van der Waals surface area contributed by atoms with Crippen LogP contribution in [-0.2, 0) is 11.3 Å². The second-order valence-corrected chi connectivity index (χ2v) is 3.88. The molecule has 1 aliphatic heterocycles. The summed E-state index contributed by atoms with van der Waals surface area (Å²) in [5, 5.41) is 5.75. The fourth-order valence-corrected chi connectivity index (χ4v) is 1.62. The van der Waals surface area contributed by atoms with Crippen molar-refractivity contribution in [3.05, 3.63) is 36.4 Å². The highest BCUT2D eigenvalue weighted by molar-refractivity contribution is 5.78. The van der Waals surface area contributed by atoms with E-state index in [1.165, 1.54) is 0 Å². The van der Waals surface area contributed by atoms with E-state index in [9.17, 15) is 4.79 Å². The van der Waals surface area contributed by atoms with Crippen LogP contribution in [-0.4, -0.2) is 25.8 Å². The highest BCUT2D eigenvalue weighted by atomic mass is 16.7. The topological polar surface area (TPSA) is 59.6 Å². The number of rotatable bonds is 6. The zero-order valence-corrected chi connectivity index (χ0v) is 10.1. The number of benzene rings is 1. The Labute approximate surface area is 106 Å². The Balaban J connectivity index is 1.77. The minimum absolute atomic E-state index is 0.0457. The SMILES string of the molecule is C=CCNC(=O)CNCc1ccc2c(c1)OCO2. The fourth-order valence-electron chi connectivity index (χ4n) is 1.62.